The number of rotatable bonds is 4. The van der Waals surface area contributed by atoms with Crippen molar-refractivity contribution in [1.82, 2.24) is 5.32 Å². The minimum atomic E-state index is -0.854. The van der Waals surface area contributed by atoms with Gasteiger partial charge < -0.3 is 15.7 Å². The number of anilines is 1. The second-order valence-corrected chi connectivity index (χ2v) is 4.71. The monoisotopic (exact) mass is 302 g/mol. The normalized spacial score (nSPS) is 11.5. The van der Waals surface area contributed by atoms with Crippen molar-refractivity contribution in [2.45, 2.75) is 13.0 Å². The number of nitrogens with one attached hydrogen (secondary N) is 2. The second kappa shape index (κ2) is 6.71. The van der Waals surface area contributed by atoms with E-state index >= 15 is 0 Å². The Balaban J connectivity index is 2.00. The Kier molecular flexibility index (Phi) is 4.73. The highest BCUT2D eigenvalue weighted by Gasteiger charge is 2.19. The molecule has 0 unspecified atom stereocenters. The summed E-state index contributed by atoms with van der Waals surface area (Å²) in [4.78, 5) is 23.9. The Labute approximate surface area is 126 Å². The van der Waals surface area contributed by atoms with E-state index in [0.717, 1.165) is 12.1 Å². The SMILES string of the molecule is C[C@@H](NC(=O)c1ccc(O)cc1F)C(=O)Nc1ccccc1. The number of halogens is 1. The third kappa shape index (κ3) is 3.82. The van der Waals surface area contributed by atoms with Gasteiger partial charge in [0.25, 0.3) is 5.91 Å². The Morgan fingerprint density at radius 1 is 1.14 bits per heavy atom. The first-order chi connectivity index (χ1) is 10.5. The molecular weight excluding hydrogens is 287 g/mol. The van der Waals surface area contributed by atoms with Gasteiger partial charge in [0.2, 0.25) is 5.91 Å². The fraction of sp³-hybridized carbons (Fsp3) is 0.125. The van der Waals surface area contributed by atoms with Gasteiger partial charge in [0.15, 0.2) is 0 Å². The maximum atomic E-state index is 13.6. The number of aromatic hydroxyl groups is 1. The van der Waals surface area contributed by atoms with Crippen LogP contribution in [0.2, 0.25) is 0 Å². The molecule has 114 valence electrons. The maximum Gasteiger partial charge on any atom is 0.254 e. The zero-order valence-corrected chi connectivity index (χ0v) is 11.8. The predicted octanol–water partition coefficient (Wildman–Crippen LogP) is 2.29. The maximum absolute atomic E-state index is 13.6. The van der Waals surface area contributed by atoms with E-state index in [9.17, 15) is 14.0 Å². The topological polar surface area (TPSA) is 78.4 Å². The highest BCUT2D eigenvalue weighted by atomic mass is 19.1. The van der Waals surface area contributed by atoms with Gasteiger partial charge in [-0.15, -0.1) is 0 Å². The largest absolute Gasteiger partial charge is 0.508 e. The summed E-state index contributed by atoms with van der Waals surface area (Å²) in [5, 5.41) is 14.2. The van der Waals surface area contributed by atoms with Gasteiger partial charge >= 0.3 is 0 Å². The van der Waals surface area contributed by atoms with Crippen LogP contribution in [0, 0.1) is 5.82 Å². The van der Waals surface area contributed by atoms with Gasteiger partial charge in [0.1, 0.15) is 17.6 Å². The Morgan fingerprint density at radius 3 is 2.45 bits per heavy atom. The molecule has 2 aromatic carbocycles. The van der Waals surface area contributed by atoms with Gasteiger partial charge in [-0.1, -0.05) is 18.2 Å². The molecule has 2 aromatic rings. The molecule has 1 atom stereocenters. The molecule has 0 aliphatic carbocycles. The van der Waals surface area contributed by atoms with Crippen LogP contribution >= 0.6 is 0 Å². The summed E-state index contributed by atoms with van der Waals surface area (Å²) in [6.07, 6.45) is 0. The van der Waals surface area contributed by atoms with Gasteiger partial charge in [0, 0.05) is 11.8 Å². The molecular formula is C16H15FN2O3. The Morgan fingerprint density at radius 2 is 1.82 bits per heavy atom. The lowest BCUT2D eigenvalue weighted by Gasteiger charge is -2.14. The van der Waals surface area contributed by atoms with Crippen molar-refractivity contribution < 1.29 is 19.1 Å². The predicted molar refractivity (Wildman–Crippen MR) is 80.1 cm³/mol. The minimum Gasteiger partial charge on any atom is -0.508 e. The molecule has 0 aliphatic rings. The summed E-state index contributed by atoms with van der Waals surface area (Å²) in [7, 11) is 0. The first kappa shape index (κ1) is 15.5. The van der Waals surface area contributed by atoms with Crippen molar-refractivity contribution in [2.75, 3.05) is 5.32 Å². The molecule has 0 bridgehead atoms. The molecule has 0 saturated carbocycles. The summed E-state index contributed by atoms with van der Waals surface area (Å²) in [6.45, 7) is 1.49. The summed E-state index contributed by atoms with van der Waals surface area (Å²) < 4.78 is 13.6. The number of benzene rings is 2. The van der Waals surface area contributed by atoms with Crippen LogP contribution in [0.3, 0.4) is 0 Å². The smallest absolute Gasteiger partial charge is 0.254 e. The lowest BCUT2D eigenvalue weighted by Crippen LogP contribution is -2.41. The van der Waals surface area contributed by atoms with Crippen molar-refractivity contribution in [2.24, 2.45) is 0 Å². The summed E-state index contributed by atoms with van der Waals surface area (Å²) >= 11 is 0. The van der Waals surface area contributed by atoms with Gasteiger partial charge in [-0.25, -0.2) is 4.39 Å². The van der Waals surface area contributed by atoms with Crippen molar-refractivity contribution in [3.63, 3.8) is 0 Å². The summed E-state index contributed by atoms with van der Waals surface area (Å²) in [5.74, 6) is -2.27. The van der Waals surface area contributed by atoms with E-state index in [1.807, 2.05) is 6.07 Å². The summed E-state index contributed by atoms with van der Waals surface area (Å²) in [6, 6.07) is 11.1. The summed E-state index contributed by atoms with van der Waals surface area (Å²) in [5.41, 5.74) is 0.363. The number of hydrogen-bond donors (Lipinski definition) is 3. The molecule has 3 N–H and O–H groups in total. The molecule has 5 nitrogen and oxygen atoms in total. The van der Waals surface area contributed by atoms with E-state index in [1.165, 1.54) is 13.0 Å². The van der Waals surface area contributed by atoms with Crippen molar-refractivity contribution in [3.8, 4) is 5.75 Å². The van der Waals surface area contributed by atoms with Crippen LogP contribution in [0.4, 0.5) is 10.1 Å². The van der Waals surface area contributed by atoms with Crippen molar-refractivity contribution in [3.05, 3.63) is 59.9 Å². The van der Waals surface area contributed by atoms with E-state index in [4.69, 9.17) is 5.11 Å². The third-order valence-electron chi connectivity index (χ3n) is 2.98. The lowest BCUT2D eigenvalue weighted by molar-refractivity contribution is -0.117. The van der Waals surface area contributed by atoms with Crippen LogP contribution in [0.5, 0.6) is 5.75 Å². The third-order valence-corrected chi connectivity index (χ3v) is 2.98. The highest BCUT2D eigenvalue weighted by Crippen LogP contribution is 2.15. The number of phenolic OH excluding ortho intramolecular Hbond substituents is 1. The number of carbonyl (C=O) groups excluding carboxylic acids is 2. The average molecular weight is 302 g/mol. The zero-order valence-electron chi connectivity index (χ0n) is 11.8. The number of carbonyl (C=O) groups is 2. The van der Waals surface area contributed by atoms with Crippen LogP contribution in [0.1, 0.15) is 17.3 Å². The van der Waals surface area contributed by atoms with E-state index in [1.54, 1.807) is 24.3 Å². The Bertz CT molecular complexity index is 689. The number of phenols is 1. The molecule has 0 spiro atoms. The average Bonchev–Trinajstić information content (AvgIpc) is 2.47. The van der Waals surface area contributed by atoms with E-state index in [2.05, 4.69) is 10.6 Å². The van der Waals surface area contributed by atoms with Gasteiger partial charge in [-0.3, -0.25) is 9.59 Å². The van der Waals surface area contributed by atoms with Crippen LogP contribution in [-0.2, 0) is 4.79 Å². The standard InChI is InChI=1S/C16H15FN2O3/c1-10(15(21)19-11-5-3-2-4-6-11)18-16(22)13-8-7-12(20)9-14(13)17/h2-10,20H,1H3,(H,18,22)(H,19,21)/t10-/m1/s1. The molecule has 0 fully saturated rings. The van der Waals surface area contributed by atoms with Gasteiger partial charge in [-0.2, -0.15) is 0 Å². The fourth-order valence-corrected chi connectivity index (χ4v) is 1.80. The molecule has 2 rings (SSSR count). The first-order valence-electron chi connectivity index (χ1n) is 6.62. The zero-order chi connectivity index (χ0) is 16.1. The molecule has 22 heavy (non-hydrogen) atoms. The van der Waals surface area contributed by atoms with Crippen LogP contribution < -0.4 is 10.6 Å². The van der Waals surface area contributed by atoms with Crippen LogP contribution in [-0.4, -0.2) is 23.0 Å². The molecule has 0 aromatic heterocycles. The van der Waals surface area contributed by atoms with Crippen LogP contribution in [0.25, 0.3) is 0 Å². The van der Waals surface area contributed by atoms with E-state index in [-0.39, 0.29) is 11.3 Å². The number of hydrogen-bond acceptors (Lipinski definition) is 3. The highest BCUT2D eigenvalue weighted by molar-refractivity contribution is 6.01. The number of amides is 2. The molecule has 2 amide bonds. The molecule has 0 radical (unpaired) electrons. The second-order valence-electron chi connectivity index (χ2n) is 4.71. The van der Waals surface area contributed by atoms with Gasteiger partial charge in [0.05, 0.1) is 5.56 Å². The van der Waals surface area contributed by atoms with Crippen molar-refractivity contribution >= 4 is 17.5 Å². The number of para-hydroxylation sites is 1. The van der Waals surface area contributed by atoms with E-state index in [0.29, 0.717) is 5.69 Å². The molecule has 0 aliphatic heterocycles. The first-order valence-corrected chi connectivity index (χ1v) is 6.62. The molecule has 0 saturated heterocycles. The van der Waals surface area contributed by atoms with E-state index < -0.39 is 23.7 Å². The van der Waals surface area contributed by atoms with Crippen molar-refractivity contribution in [1.29, 1.82) is 0 Å². The Hall–Kier alpha value is -2.89. The minimum absolute atomic E-state index is 0.239. The molecule has 0 heterocycles. The lowest BCUT2D eigenvalue weighted by atomic mass is 10.1. The quantitative estimate of drug-likeness (QED) is 0.811. The van der Waals surface area contributed by atoms with Gasteiger partial charge in [-0.05, 0) is 31.2 Å². The van der Waals surface area contributed by atoms with Crippen LogP contribution in [0.15, 0.2) is 48.5 Å². The fourth-order valence-electron chi connectivity index (χ4n) is 1.80. The molecule has 6 heteroatoms.